The molecule has 0 atom stereocenters. The summed E-state index contributed by atoms with van der Waals surface area (Å²) in [6.07, 6.45) is 0.300. The summed E-state index contributed by atoms with van der Waals surface area (Å²) in [4.78, 5) is 17.1. The van der Waals surface area contributed by atoms with E-state index in [0.717, 1.165) is 22.6 Å². The number of hydrogen-bond donors (Lipinski definition) is 1. The van der Waals surface area contributed by atoms with Gasteiger partial charge in [-0.2, -0.15) is 0 Å². The van der Waals surface area contributed by atoms with Crippen molar-refractivity contribution in [3.05, 3.63) is 77.8 Å². The van der Waals surface area contributed by atoms with Gasteiger partial charge >= 0.3 is 0 Å². The Labute approximate surface area is 212 Å². The Kier molecular flexibility index (Phi) is 8.18. The number of carbonyl (C=O) groups excluding carboxylic acids is 1. The maximum atomic E-state index is 12.3. The maximum absolute atomic E-state index is 12.3. The van der Waals surface area contributed by atoms with Gasteiger partial charge in [0.25, 0.3) is 0 Å². The topological polar surface area (TPSA) is 86.2 Å². The molecule has 0 aliphatic rings. The number of carbonyl (C=O) groups is 1. The molecule has 1 N–H and O–H groups in total. The molecule has 1 aromatic heterocycles. The van der Waals surface area contributed by atoms with Crippen LogP contribution in [0.4, 0.5) is 5.69 Å². The summed E-state index contributed by atoms with van der Waals surface area (Å²) in [7, 11) is 3.25. The van der Waals surface area contributed by atoms with Crippen LogP contribution in [0.5, 0.6) is 11.5 Å². The van der Waals surface area contributed by atoms with Crippen molar-refractivity contribution < 1.29 is 14.3 Å². The van der Waals surface area contributed by atoms with E-state index in [1.54, 1.807) is 38.5 Å². The minimum atomic E-state index is -0.0991. The molecule has 3 aromatic carbocycles. The van der Waals surface area contributed by atoms with E-state index in [0.29, 0.717) is 39.4 Å². The molecule has 1 heterocycles. The predicted octanol–water partition coefficient (Wildman–Crippen LogP) is 6.00. The van der Waals surface area contributed by atoms with Crippen molar-refractivity contribution >= 4 is 35.0 Å². The predicted molar refractivity (Wildman–Crippen MR) is 139 cm³/mol. The van der Waals surface area contributed by atoms with Crippen molar-refractivity contribution in [3.63, 3.8) is 0 Å². The van der Waals surface area contributed by atoms with Crippen LogP contribution in [-0.4, -0.2) is 41.1 Å². The van der Waals surface area contributed by atoms with E-state index in [4.69, 9.17) is 26.1 Å². The lowest BCUT2D eigenvalue weighted by atomic mass is 10.0. The smallest absolute Gasteiger partial charge is 0.225 e. The Balaban J connectivity index is 1.51. The van der Waals surface area contributed by atoms with E-state index >= 15 is 0 Å². The van der Waals surface area contributed by atoms with Gasteiger partial charge in [0, 0.05) is 34.0 Å². The molecule has 0 spiro atoms. The molecule has 0 saturated carbocycles. The normalized spacial score (nSPS) is 10.6. The van der Waals surface area contributed by atoms with E-state index in [-0.39, 0.29) is 5.91 Å². The van der Waals surface area contributed by atoms with Gasteiger partial charge in [-0.1, -0.05) is 23.4 Å². The van der Waals surface area contributed by atoms with E-state index in [1.165, 1.54) is 11.8 Å². The number of benzene rings is 3. The van der Waals surface area contributed by atoms with Crippen molar-refractivity contribution in [2.45, 2.75) is 11.6 Å². The fourth-order valence-corrected chi connectivity index (χ4v) is 4.11. The van der Waals surface area contributed by atoms with Gasteiger partial charge < -0.3 is 14.8 Å². The third kappa shape index (κ3) is 6.49. The second-order valence-corrected chi connectivity index (χ2v) is 8.90. The van der Waals surface area contributed by atoms with Gasteiger partial charge in [-0.3, -0.25) is 4.79 Å². The number of thioether (sulfide) groups is 1. The van der Waals surface area contributed by atoms with Crippen LogP contribution in [0.3, 0.4) is 0 Å². The minimum absolute atomic E-state index is 0.0991. The molecule has 0 bridgehead atoms. The monoisotopic (exact) mass is 506 g/mol. The summed E-state index contributed by atoms with van der Waals surface area (Å²) in [5, 5.41) is 12.8. The van der Waals surface area contributed by atoms with Gasteiger partial charge in [0.2, 0.25) is 11.1 Å². The SMILES string of the molecule is COc1ccc(-c2nnc(SCCC(=O)Nc3ccc(Cl)cc3)nc2-c2ccc(OC)cc2)cc1. The number of methoxy groups -OCH3 is 2. The molecule has 0 aliphatic carbocycles. The highest BCUT2D eigenvalue weighted by molar-refractivity contribution is 7.99. The van der Waals surface area contributed by atoms with Crippen LogP contribution in [0.2, 0.25) is 5.02 Å². The first kappa shape index (κ1) is 24.5. The van der Waals surface area contributed by atoms with Crippen molar-refractivity contribution in [1.82, 2.24) is 15.2 Å². The average molecular weight is 507 g/mol. The molecule has 4 aromatic rings. The van der Waals surface area contributed by atoms with Crippen molar-refractivity contribution in [2.24, 2.45) is 0 Å². The minimum Gasteiger partial charge on any atom is -0.497 e. The second kappa shape index (κ2) is 11.7. The Morgan fingerprint density at radius 3 is 1.97 bits per heavy atom. The Morgan fingerprint density at radius 1 is 0.829 bits per heavy atom. The number of halogens is 1. The molecule has 0 saturated heterocycles. The van der Waals surface area contributed by atoms with Crippen LogP contribution in [0.15, 0.2) is 78.0 Å². The molecular weight excluding hydrogens is 484 g/mol. The summed E-state index contributed by atoms with van der Waals surface area (Å²) in [5.74, 6) is 1.91. The molecule has 0 fully saturated rings. The third-order valence-corrected chi connectivity index (χ3v) is 6.17. The fourth-order valence-electron chi connectivity index (χ4n) is 3.26. The molecule has 1 amide bonds. The van der Waals surface area contributed by atoms with Crippen LogP contribution in [-0.2, 0) is 4.79 Å². The summed E-state index contributed by atoms with van der Waals surface area (Å²) in [6.45, 7) is 0. The molecule has 4 rings (SSSR count). The van der Waals surface area contributed by atoms with Crippen LogP contribution in [0, 0.1) is 0 Å². The molecule has 178 valence electrons. The summed E-state index contributed by atoms with van der Waals surface area (Å²) in [5.41, 5.74) is 3.81. The highest BCUT2D eigenvalue weighted by Gasteiger charge is 2.15. The summed E-state index contributed by atoms with van der Waals surface area (Å²) in [6, 6.07) is 22.2. The van der Waals surface area contributed by atoms with Crippen LogP contribution < -0.4 is 14.8 Å². The molecule has 0 unspecified atom stereocenters. The quantitative estimate of drug-likeness (QED) is 0.279. The number of aromatic nitrogens is 3. The standard InChI is InChI=1S/C26H23ClN4O3S/c1-33-21-11-3-17(4-12-21)24-25(18-5-13-22(34-2)14-6-18)30-31-26(29-24)35-16-15-23(32)28-20-9-7-19(27)8-10-20/h3-14H,15-16H2,1-2H3,(H,28,32). The van der Waals surface area contributed by atoms with Crippen LogP contribution in [0.25, 0.3) is 22.5 Å². The zero-order valence-electron chi connectivity index (χ0n) is 19.2. The first-order valence-electron chi connectivity index (χ1n) is 10.8. The molecule has 0 radical (unpaired) electrons. The number of rotatable bonds is 9. The van der Waals surface area contributed by atoms with Crippen molar-refractivity contribution in [2.75, 3.05) is 25.3 Å². The zero-order valence-corrected chi connectivity index (χ0v) is 20.8. The van der Waals surface area contributed by atoms with E-state index < -0.39 is 0 Å². The number of anilines is 1. The molecule has 7 nitrogen and oxygen atoms in total. The average Bonchev–Trinajstić information content (AvgIpc) is 2.90. The van der Waals surface area contributed by atoms with Gasteiger partial charge in [0.1, 0.15) is 22.9 Å². The first-order chi connectivity index (χ1) is 17.1. The van der Waals surface area contributed by atoms with Crippen molar-refractivity contribution in [1.29, 1.82) is 0 Å². The van der Waals surface area contributed by atoms with Crippen LogP contribution in [0.1, 0.15) is 6.42 Å². The lowest BCUT2D eigenvalue weighted by Gasteiger charge is -2.11. The number of nitrogens with zero attached hydrogens (tertiary/aromatic N) is 3. The summed E-state index contributed by atoms with van der Waals surface area (Å²) < 4.78 is 10.5. The number of ether oxygens (including phenoxy) is 2. The lowest BCUT2D eigenvalue weighted by molar-refractivity contribution is -0.115. The van der Waals surface area contributed by atoms with E-state index in [2.05, 4.69) is 15.5 Å². The molecule has 35 heavy (non-hydrogen) atoms. The van der Waals surface area contributed by atoms with E-state index in [1.807, 2.05) is 48.5 Å². The zero-order chi connectivity index (χ0) is 24.6. The second-order valence-electron chi connectivity index (χ2n) is 7.40. The summed E-state index contributed by atoms with van der Waals surface area (Å²) >= 11 is 7.26. The largest absolute Gasteiger partial charge is 0.497 e. The van der Waals surface area contributed by atoms with E-state index in [9.17, 15) is 4.79 Å². The van der Waals surface area contributed by atoms with Gasteiger partial charge in [-0.05, 0) is 72.8 Å². The lowest BCUT2D eigenvalue weighted by Crippen LogP contribution is -2.12. The Morgan fingerprint density at radius 2 is 1.40 bits per heavy atom. The number of hydrogen-bond acceptors (Lipinski definition) is 7. The molecule has 0 aliphatic heterocycles. The molecule has 9 heteroatoms. The molecular formula is C26H23ClN4O3S. The van der Waals surface area contributed by atoms with Gasteiger partial charge in [0.05, 0.1) is 14.2 Å². The van der Waals surface area contributed by atoms with Gasteiger partial charge in [-0.15, -0.1) is 10.2 Å². The third-order valence-electron chi connectivity index (χ3n) is 5.08. The maximum Gasteiger partial charge on any atom is 0.225 e. The van der Waals surface area contributed by atoms with Gasteiger partial charge in [0.15, 0.2) is 0 Å². The highest BCUT2D eigenvalue weighted by atomic mass is 35.5. The Hall–Kier alpha value is -3.62. The Bertz CT molecular complexity index is 1280. The number of amides is 1. The van der Waals surface area contributed by atoms with Crippen LogP contribution >= 0.6 is 23.4 Å². The highest BCUT2D eigenvalue weighted by Crippen LogP contribution is 2.32. The van der Waals surface area contributed by atoms with Gasteiger partial charge in [-0.25, -0.2) is 4.98 Å². The number of nitrogens with one attached hydrogen (secondary N) is 1. The fraction of sp³-hybridized carbons (Fsp3) is 0.154. The first-order valence-corrected chi connectivity index (χ1v) is 12.1. The van der Waals surface area contributed by atoms with Crippen molar-refractivity contribution in [3.8, 4) is 34.0 Å².